The van der Waals surface area contributed by atoms with Crippen LogP contribution in [0.4, 0.5) is 0 Å². The van der Waals surface area contributed by atoms with Crippen molar-refractivity contribution in [3.63, 3.8) is 0 Å². The molecule has 0 aliphatic carbocycles. The topological polar surface area (TPSA) is 55.1 Å². The van der Waals surface area contributed by atoms with Gasteiger partial charge in [0.1, 0.15) is 0 Å². The van der Waals surface area contributed by atoms with Gasteiger partial charge in [-0.3, -0.25) is 4.79 Å². The number of nitrogens with two attached hydrogens (primary N) is 1. The van der Waals surface area contributed by atoms with E-state index >= 15 is 0 Å². The molecule has 0 radical (unpaired) electrons. The molecule has 118 valence electrons. The summed E-state index contributed by atoms with van der Waals surface area (Å²) >= 11 is 0. The van der Waals surface area contributed by atoms with Crippen molar-refractivity contribution in [1.29, 1.82) is 0 Å². The Morgan fingerprint density at radius 1 is 1.29 bits per heavy atom. The molecule has 3 nitrogen and oxygen atoms in total. The van der Waals surface area contributed by atoms with Gasteiger partial charge in [0, 0.05) is 12.5 Å². The minimum Gasteiger partial charge on any atom is -0.353 e. The molecule has 0 aromatic heterocycles. The van der Waals surface area contributed by atoms with E-state index in [1.165, 1.54) is 11.1 Å². The van der Waals surface area contributed by atoms with Crippen molar-refractivity contribution >= 4 is 5.91 Å². The molecule has 0 spiro atoms. The summed E-state index contributed by atoms with van der Waals surface area (Å²) in [6.45, 7) is 9.20. The lowest BCUT2D eigenvalue weighted by atomic mass is 9.84. The van der Waals surface area contributed by atoms with Crippen LogP contribution in [-0.4, -0.2) is 18.5 Å². The SMILES string of the molecule is Cc1ccccc1CC(C)NC(=O)CCC(C)(C)CCN. The molecule has 0 saturated heterocycles. The van der Waals surface area contributed by atoms with Gasteiger partial charge in [-0.1, -0.05) is 38.1 Å². The van der Waals surface area contributed by atoms with E-state index in [0.29, 0.717) is 13.0 Å². The Bertz CT molecular complexity index is 454. The van der Waals surface area contributed by atoms with Crippen LogP contribution in [0.2, 0.25) is 0 Å². The highest BCUT2D eigenvalue weighted by molar-refractivity contribution is 5.76. The van der Waals surface area contributed by atoms with Crippen LogP contribution in [-0.2, 0) is 11.2 Å². The van der Waals surface area contributed by atoms with Gasteiger partial charge in [-0.15, -0.1) is 0 Å². The van der Waals surface area contributed by atoms with Crippen LogP contribution in [0.25, 0.3) is 0 Å². The maximum Gasteiger partial charge on any atom is 0.220 e. The molecule has 0 aliphatic rings. The van der Waals surface area contributed by atoms with Gasteiger partial charge in [-0.05, 0) is 56.2 Å². The van der Waals surface area contributed by atoms with Gasteiger partial charge in [0.15, 0.2) is 0 Å². The smallest absolute Gasteiger partial charge is 0.220 e. The highest BCUT2D eigenvalue weighted by atomic mass is 16.1. The summed E-state index contributed by atoms with van der Waals surface area (Å²) in [5.74, 6) is 0.140. The van der Waals surface area contributed by atoms with E-state index in [1.54, 1.807) is 0 Å². The summed E-state index contributed by atoms with van der Waals surface area (Å²) in [5.41, 5.74) is 8.33. The van der Waals surface area contributed by atoms with E-state index in [9.17, 15) is 4.79 Å². The molecule has 1 rings (SSSR count). The summed E-state index contributed by atoms with van der Waals surface area (Å²) in [6, 6.07) is 8.49. The second-order valence-corrected chi connectivity index (χ2v) is 6.80. The highest BCUT2D eigenvalue weighted by Gasteiger charge is 2.19. The molecule has 0 aliphatic heterocycles. The Morgan fingerprint density at radius 2 is 1.95 bits per heavy atom. The van der Waals surface area contributed by atoms with Crippen LogP contribution in [0.3, 0.4) is 0 Å². The predicted molar refractivity (Wildman–Crippen MR) is 89.2 cm³/mol. The van der Waals surface area contributed by atoms with Gasteiger partial charge < -0.3 is 11.1 Å². The molecule has 0 bridgehead atoms. The van der Waals surface area contributed by atoms with Crippen molar-refractivity contribution in [2.24, 2.45) is 11.1 Å². The van der Waals surface area contributed by atoms with Crippen LogP contribution in [0.1, 0.15) is 51.2 Å². The number of hydrogen-bond acceptors (Lipinski definition) is 2. The number of nitrogens with one attached hydrogen (secondary N) is 1. The molecule has 1 aromatic rings. The summed E-state index contributed by atoms with van der Waals surface area (Å²) in [5, 5.41) is 3.10. The van der Waals surface area contributed by atoms with Crippen molar-refractivity contribution in [3.8, 4) is 0 Å². The predicted octanol–water partition coefficient (Wildman–Crippen LogP) is 3.20. The van der Waals surface area contributed by atoms with Crippen molar-refractivity contribution in [1.82, 2.24) is 5.32 Å². The number of hydrogen-bond donors (Lipinski definition) is 2. The Labute approximate surface area is 129 Å². The molecule has 0 fully saturated rings. The summed E-state index contributed by atoms with van der Waals surface area (Å²) in [6.07, 6.45) is 3.29. The number of carbonyl (C=O) groups is 1. The van der Waals surface area contributed by atoms with Gasteiger partial charge >= 0.3 is 0 Å². The van der Waals surface area contributed by atoms with Crippen molar-refractivity contribution in [2.75, 3.05) is 6.54 Å². The van der Waals surface area contributed by atoms with Crippen molar-refractivity contribution in [2.45, 2.75) is 59.4 Å². The van der Waals surface area contributed by atoms with Gasteiger partial charge in [-0.2, -0.15) is 0 Å². The van der Waals surface area contributed by atoms with E-state index < -0.39 is 0 Å². The molecule has 1 amide bonds. The zero-order chi connectivity index (χ0) is 15.9. The third-order valence-corrected chi connectivity index (χ3v) is 4.04. The molecule has 1 aromatic carbocycles. The molecular formula is C18H30N2O. The van der Waals surface area contributed by atoms with Crippen LogP contribution < -0.4 is 11.1 Å². The van der Waals surface area contributed by atoms with Crippen LogP contribution >= 0.6 is 0 Å². The van der Waals surface area contributed by atoms with E-state index in [0.717, 1.165) is 19.3 Å². The largest absolute Gasteiger partial charge is 0.353 e. The first kappa shape index (κ1) is 17.7. The highest BCUT2D eigenvalue weighted by Crippen LogP contribution is 2.25. The van der Waals surface area contributed by atoms with E-state index in [2.05, 4.69) is 45.1 Å². The molecule has 3 N–H and O–H groups in total. The summed E-state index contributed by atoms with van der Waals surface area (Å²) in [4.78, 5) is 12.0. The average molecular weight is 290 g/mol. The van der Waals surface area contributed by atoms with Gasteiger partial charge in [-0.25, -0.2) is 0 Å². The minimum absolute atomic E-state index is 0.140. The number of rotatable bonds is 8. The lowest BCUT2D eigenvalue weighted by Crippen LogP contribution is -2.34. The normalized spacial score (nSPS) is 13.0. The second kappa shape index (κ2) is 8.18. The number of carbonyl (C=O) groups excluding carboxylic acids is 1. The first-order chi connectivity index (χ1) is 9.84. The second-order valence-electron chi connectivity index (χ2n) is 6.80. The van der Waals surface area contributed by atoms with E-state index in [1.807, 2.05) is 12.1 Å². The van der Waals surface area contributed by atoms with Crippen molar-refractivity contribution in [3.05, 3.63) is 35.4 Å². The first-order valence-corrected chi connectivity index (χ1v) is 7.88. The average Bonchev–Trinajstić information content (AvgIpc) is 2.39. The van der Waals surface area contributed by atoms with E-state index in [-0.39, 0.29) is 17.4 Å². The number of aryl methyl sites for hydroxylation is 1. The monoisotopic (exact) mass is 290 g/mol. The maximum absolute atomic E-state index is 12.0. The van der Waals surface area contributed by atoms with Crippen LogP contribution in [0.15, 0.2) is 24.3 Å². The summed E-state index contributed by atoms with van der Waals surface area (Å²) < 4.78 is 0. The maximum atomic E-state index is 12.0. The molecule has 21 heavy (non-hydrogen) atoms. The lowest BCUT2D eigenvalue weighted by molar-refractivity contribution is -0.122. The molecule has 0 saturated carbocycles. The quantitative estimate of drug-likeness (QED) is 0.772. The third kappa shape index (κ3) is 6.76. The number of benzene rings is 1. The van der Waals surface area contributed by atoms with Crippen LogP contribution in [0.5, 0.6) is 0 Å². The molecule has 1 unspecified atom stereocenters. The number of amides is 1. The standard InChI is InChI=1S/C18H30N2O/c1-14-7-5-6-8-16(14)13-15(2)20-17(21)9-10-18(3,4)11-12-19/h5-8,15H,9-13,19H2,1-4H3,(H,20,21). The first-order valence-electron chi connectivity index (χ1n) is 7.88. The fourth-order valence-corrected chi connectivity index (χ4v) is 2.53. The fraction of sp³-hybridized carbons (Fsp3) is 0.611. The zero-order valence-electron chi connectivity index (χ0n) is 13.9. The molecule has 3 heteroatoms. The fourth-order valence-electron chi connectivity index (χ4n) is 2.53. The Balaban J connectivity index is 2.39. The van der Waals surface area contributed by atoms with Crippen molar-refractivity contribution < 1.29 is 4.79 Å². The van der Waals surface area contributed by atoms with Gasteiger partial charge in [0.25, 0.3) is 0 Å². The van der Waals surface area contributed by atoms with Crippen LogP contribution in [0, 0.1) is 12.3 Å². The molecular weight excluding hydrogens is 260 g/mol. The lowest BCUT2D eigenvalue weighted by Gasteiger charge is -2.24. The summed E-state index contributed by atoms with van der Waals surface area (Å²) in [7, 11) is 0. The van der Waals surface area contributed by atoms with Gasteiger partial charge in [0.2, 0.25) is 5.91 Å². The minimum atomic E-state index is 0.140. The third-order valence-electron chi connectivity index (χ3n) is 4.04. The Kier molecular flexibility index (Phi) is 6.90. The van der Waals surface area contributed by atoms with E-state index in [4.69, 9.17) is 5.73 Å². The van der Waals surface area contributed by atoms with Gasteiger partial charge in [0.05, 0.1) is 0 Å². The molecule has 0 heterocycles. The zero-order valence-corrected chi connectivity index (χ0v) is 13.9. The Morgan fingerprint density at radius 3 is 2.57 bits per heavy atom. The Hall–Kier alpha value is -1.35. The molecule has 1 atom stereocenters.